The molecule has 0 radical (unpaired) electrons. The molecule has 6 heteroatoms. The van der Waals surface area contributed by atoms with Crippen LogP contribution >= 0.6 is 0 Å². The van der Waals surface area contributed by atoms with Crippen LogP contribution in [0, 0.1) is 5.92 Å². The predicted molar refractivity (Wildman–Crippen MR) is 89.5 cm³/mol. The second-order valence-electron chi connectivity index (χ2n) is 5.49. The van der Waals surface area contributed by atoms with Crippen LogP contribution in [0.25, 0.3) is 0 Å². The number of fused-ring (bicyclic) bond motifs is 1. The third-order valence-corrected chi connectivity index (χ3v) is 3.93. The van der Waals surface area contributed by atoms with Crippen molar-refractivity contribution in [3.05, 3.63) is 54.6 Å². The Morgan fingerprint density at radius 2 is 2.12 bits per heavy atom. The molecule has 1 aromatic rings. The molecule has 124 valence electrons. The number of carbonyl (C=O) groups is 2. The van der Waals surface area contributed by atoms with E-state index in [1.165, 1.54) is 12.5 Å². The molecule has 0 saturated heterocycles. The molecular formula is C18H18N2O4. The van der Waals surface area contributed by atoms with E-state index in [0.717, 1.165) is 23.4 Å². The van der Waals surface area contributed by atoms with Crippen LogP contribution in [0.3, 0.4) is 0 Å². The SMILES string of the molecule is CCC1C=CC=C(NC(=O)N(C=O)c2ccc3c(c2)OC=CO3)C1. The molecule has 3 rings (SSSR count). The number of nitrogens with one attached hydrogen (secondary N) is 1. The van der Waals surface area contributed by atoms with E-state index in [1.807, 2.05) is 12.2 Å². The van der Waals surface area contributed by atoms with Gasteiger partial charge in [-0.2, -0.15) is 0 Å². The summed E-state index contributed by atoms with van der Waals surface area (Å²) >= 11 is 0. The molecule has 1 aliphatic carbocycles. The second kappa shape index (κ2) is 7.04. The minimum Gasteiger partial charge on any atom is -0.458 e. The van der Waals surface area contributed by atoms with Gasteiger partial charge in [-0.1, -0.05) is 19.1 Å². The van der Waals surface area contributed by atoms with Gasteiger partial charge in [-0.05, 0) is 37.0 Å². The van der Waals surface area contributed by atoms with Gasteiger partial charge in [0, 0.05) is 11.8 Å². The number of benzene rings is 1. The van der Waals surface area contributed by atoms with E-state index in [0.29, 0.717) is 29.5 Å². The average molecular weight is 326 g/mol. The van der Waals surface area contributed by atoms with Crippen LogP contribution in [0.1, 0.15) is 19.8 Å². The molecule has 1 aromatic carbocycles. The summed E-state index contributed by atoms with van der Waals surface area (Å²) in [6.07, 6.45) is 10.9. The van der Waals surface area contributed by atoms with Gasteiger partial charge in [0.25, 0.3) is 0 Å². The highest BCUT2D eigenvalue weighted by atomic mass is 16.5. The lowest BCUT2D eigenvalue weighted by Gasteiger charge is -2.22. The van der Waals surface area contributed by atoms with Crippen molar-refractivity contribution in [1.29, 1.82) is 0 Å². The first kappa shape index (κ1) is 15.9. The Balaban J connectivity index is 1.74. The maximum Gasteiger partial charge on any atom is 0.332 e. The fourth-order valence-corrected chi connectivity index (χ4v) is 2.58. The van der Waals surface area contributed by atoms with Crippen LogP contribution in [-0.4, -0.2) is 12.4 Å². The zero-order chi connectivity index (χ0) is 16.9. The van der Waals surface area contributed by atoms with Gasteiger partial charge < -0.3 is 14.8 Å². The van der Waals surface area contributed by atoms with Gasteiger partial charge in [0.15, 0.2) is 11.5 Å². The van der Waals surface area contributed by atoms with E-state index in [4.69, 9.17) is 9.47 Å². The fraction of sp³-hybridized carbons (Fsp3) is 0.222. The molecule has 0 bridgehead atoms. The van der Waals surface area contributed by atoms with Crippen LogP contribution in [0.15, 0.2) is 54.6 Å². The number of hydrogen-bond donors (Lipinski definition) is 1. The molecule has 24 heavy (non-hydrogen) atoms. The highest BCUT2D eigenvalue weighted by molar-refractivity contribution is 6.06. The molecule has 1 N–H and O–H groups in total. The van der Waals surface area contributed by atoms with Crippen LogP contribution in [0.2, 0.25) is 0 Å². The van der Waals surface area contributed by atoms with Crippen LogP contribution < -0.4 is 19.7 Å². The highest BCUT2D eigenvalue weighted by Crippen LogP contribution is 2.34. The molecule has 1 unspecified atom stereocenters. The number of ether oxygens (including phenoxy) is 2. The molecule has 6 nitrogen and oxygen atoms in total. The third kappa shape index (κ3) is 3.32. The first-order chi connectivity index (χ1) is 11.7. The normalized spacial score (nSPS) is 17.9. The maximum absolute atomic E-state index is 12.4. The quantitative estimate of drug-likeness (QED) is 0.860. The van der Waals surface area contributed by atoms with E-state index >= 15 is 0 Å². The van der Waals surface area contributed by atoms with Crippen molar-refractivity contribution < 1.29 is 19.1 Å². The van der Waals surface area contributed by atoms with Gasteiger partial charge in [0.2, 0.25) is 6.41 Å². The number of imide groups is 1. The fourth-order valence-electron chi connectivity index (χ4n) is 2.58. The number of anilines is 1. The molecule has 0 fully saturated rings. The van der Waals surface area contributed by atoms with Gasteiger partial charge in [0.05, 0.1) is 5.69 Å². The van der Waals surface area contributed by atoms with Gasteiger partial charge in [-0.3, -0.25) is 4.79 Å². The predicted octanol–water partition coefficient (Wildman–Crippen LogP) is 3.47. The lowest BCUT2D eigenvalue weighted by molar-refractivity contribution is -0.106. The summed E-state index contributed by atoms with van der Waals surface area (Å²) < 4.78 is 10.6. The topological polar surface area (TPSA) is 67.9 Å². The highest BCUT2D eigenvalue weighted by Gasteiger charge is 2.20. The molecule has 0 spiro atoms. The zero-order valence-corrected chi connectivity index (χ0v) is 13.3. The van der Waals surface area contributed by atoms with E-state index in [2.05, 4.69) is 18.3 Å². The summed E-state index contributed by atoms with van der Waals surface area (Å²) in [5.74, 6) is 1.37. The van der Waals surface area contributed by atoms with E-state index in [-0.39, 0.29) is 0 Å². The van der Waals surface area contributed by atoms with Crippen molar-refractivity contribution in [2.45, 2.75) is 19.8 Å². The Morgan fingerprint density at radius 1 is 1.33 bits per heavy atom. The summed E-state index contributed by atoms with van der Waals surface area (Å²) in [6.45, 7) is 2.10. The van der Waals surface area contributed by atoms with E-state index in [9.17, 15) is 9.59 Å². The van der Waals surface area contributed by atoms with Gasteiger partial charge in [-0.15, -0.1) is 0 Å². The zero-order valence-electron chi connectivity index (χ0n) is 13.3. The number of allylic oxidation sites excluding steroid dienone is 4. The standard InChI is InChI=1S/C18H18N2O4/c1-2-13-4-3-5-14(10-13)19-18(22)20(12-21)15-6-7-16-17(11-15)24-9-8-23-16/h3-9,11-13H,2,10H2,1H3,(H,19,22). The first-order valence-electron chi connectivity index (χ1n) is 7.76. The number of rotatable bonds is 4. The molecule has 1 aliphatic heterocycles. The average Bonchev–Trinajstić information content (AvgIpc) is 2.62. The minimum absolute atomic E-state index is 0.399. The Kier molecular flexibility index (Phi) is 4.65. The molecule has 3 amide bonds. The van der Waals surface area contributed by atoms with Gasteiger partial charge in [-0.25, -0.2) is 9.69 Å². The van der Waals surface area contributed by atoms with Crippen LogP contribution in [-0.2, 0) is 4.79 Å². The van der Waals surface area contributed by atoms with Crippen molar-refractivity contribution in [2.75, 3.05) is 4.90 Å². The van der Waals surface area contributed by atoms with E-state index < -0.39 is 6.03 Å². The number of urea groups is 1. The molecule has 0 aromatic heterocycles. The third-order valence-electron chi connectivity index (χ3n) is 3.93. The molecular weight excluding hydrogens is 308 g/mol. The summed E-state index contributed by atoms with van der Waals surface area (Å²) in [6, 6.07) is 4.35. The molecule has 1 heterocycles. The minimum atomic E-state index is -0.506. The van der Waals surface area contributed by atoms with Crippen molar-refractivity contribution in [1.82, 2.24) is 5.32 Å². The summed E-state index contributed by atoms with van der Waals surface area (Å²) in [5, 5.41) is 2.79. The van der Waals surface area contributed by atoms with Gasteiger partial charge >= 0.3 is 6.03 Å². The number of carbonyl (C=O) groups excluding carboxylic acids is 2. The maximum atomic E-state index is 12.4. The molecule has 0 saturated carbocycles. The number of amides is 3. The molecule has 2 aliphatic rings. The van der Waals surface area contributed by atoms with Crippen LogP contribution in [0.5, 0.6) is 11.5 Å². The van der Waals surface area contributed by atoms with E-state index in [1.54, 1.807) is 18.2 Å². The van der Waals surface area contributed by atoms with Crippen LogP contribution in [0.4, 0.5) is 10.5 Å². The second-order valence-corrected chi connectivity index (χ2v) is 5.49. The number of nitrogens with zero attached hydrogens (tertiary/aromatic N) is 1. The van der Waals surface area contributed by atoms with Gasteiger partial charge in [0.1, 0.15) is 12.5 Å². The lowest BCUT2D eigenvalue weighted by Crippen LogP contribution is -2.39. The lowest BCUT2D eigenvalue weighted by atomic mass is 9.96. The summed E-state index contributed by atoms with van der Waals surface area (Å²) in [5.41, 5.74) is 1.20. The van der Waals surface area contributed by atoms with Crippen molar-refractivity contribution in [3.8, 4) is 11.5 Å². The summed E-state index contributed by atoms with van der Waals surface area (Å²) in [7, 11) is 0. The van der Waals surface area contributed by atoms with Crippen molar-refractivity contribution in [3.63, 3.8) is 0 Å². The Morgan fingerprint density at radius 3 is 2.88 bits per heavy atom. The first-order valence-corrected chi connectivity index (χ1v) is 7.76. The number of hydrogen-bond acceptors (Lipinski definition) is 4. The molecule has 1 atom stereocenters. The Hall–Kier alpha value is -3.02. The largest absolute Gasteiger partial charge is 0.458 e. The Labute approximate surface area is 140 Å². The Bertz CT molecular complexity index is 737. The van der Waals surface area contributed by atoms with Crippen molar-refractivity contribution in [2.24, 2.45) is 5.92 Å². The van der Waals surface area contributed by atoms with Crippen molar-refractivity contribution >= 4 is 18.1 Å². The summed E-state index contributed by atoms with van der Waals surface area (Å²) in [4.78, 5) is 24.9. The smallest absolute Gasteiger partial charge is 0.332 e. The monoisotopic (exact) mass is 326 g/mol.